The molecule has 0 saturated heterocycles. The standard InChI is InChI=1S/C19H33N3O3.HI/c1-5-6-12-24-13-8-11-21-19(20-3)22-15-16(2)25-18-10-7-9-17(14-18)23-4;/h7,9-10,14,16H,5-6,8,11-13,15H2,1-4H3,(H2,20,21,22);1H. The monoisotopic (exact) mass is 479 g/mol. The zero-order chi connectivity index (χ0) is 18.3. The van der Waals surface area contributed by atoms with Crippen molar-refractivity contribution in [1.82, 2.24) is 10.6 Å². The van der Waals surface area contributed by atoms with Crippen molar-refractivity contribution >= 4 is 29.9 Å². The van der Waals surface area contributed by atoms with Crippen molar-refractivity contribution in [2.75, 3.05) is 40.5 Å². The first kappa shape index (κ1) is 24.8. The normalized spacial score (nSPS) is 12.1. The molecule has 0 aliphatic rings. The molecule has 0 bridgehead atoms. The van der Waals surface area contributed by atoms with E-state index in [1.165, 1.54) is 6.42 Å². The van der Waals surface area contributed by atoms with Gasteiger partial charge < -0.3 is 24.8 Å². The van der Waals surface area contributed by atoms with Gasteiger partial charge in [-0.15, -0.1) is 24.0 Å². The maximum absolute atomic E-state index is 5.89. The summed E-state index contributed by atoms with van der Waals surface area (Å²) in [5, 5.41) is 6.55. The number of unbranched alkanes of at least 4 members (excludes halogenated alkanes) is 1. The highest BCUT2D eigenvalue weighted by Crippen LogP contribution is 2.19. The van der Waals surface area contributed by atoms with Gasteiger partial charge in [0.1, 0.15) is 17.6 Å². The van der Waals surface area contributed by atoms with E-state index in [9.17, 15) is 0 Å². The topological polar surface area (TPSA) is 64.1 Å². The Hall–Kier alpha value is -1.22. The van der Waals surface area contributed by atoms with E-state index < -0.39 is 0 Å². The summed E-state index contributed by atoms with van der Waals surface area (Å²) in [7, 11) is 3.41. The highest BCUT2D eigenvalue weighted by molar-refractivity contribution is 14.0. The van der Waals surface area contributed by atoms with Gasteiger partial charge in [-0.25, -0.2) is 0 Å². The summed E-state index contributed by atoms with van der Waals surface area (Å²) >= 11 is 0. The van der Waals surface area contributed by atoms with Crippen molar-refractivity contribution in [2.45, 2.75) is 39.2 Å². The zero-order valence-electron chi connectivity index (χ0n) is 16.4. The van der Waals surface area contributed by atoms with E-state index in [2.05, 4.69) is 22.5 Å². The molecule has 150 valence electrons. The van der Waals surface area contributed by atoms with Crippen LogP contribution in [0.15, 0.2) is 29.3 Å². The fourth-order valence-electron chi connectivity index (χ4n) is 2.14. The van der Waals surface area contributed by atoms with E-state index in [1.807, 2.05) is 31.2 Å². The molecule has 6 nitrogen and oxygen atoms in total. The summed E-state index contributed by atoms with van der Waals surface area (Å²) < 4.78 is 16.6. The molecule has 7 heteroatoms. The SMILES string of the molecule is CCCCOCCCNC(=NC)NCC(C)Oc1cccc(OC)c1.I. The van der Waals surface area contributed by atoms with E-state index in [1.54, 1.807) is 14.2 Å². The molecule has 0 heterocycles. The summed E-state index contributed by atoms with van der Waals surface area (Å²) in [5.74, 6) is 2.35. The second-order valence-corrected chi connectivity index (χ2v) is 5.81. The lowest BCUT2D eigenvalue weighted by Gasteiger charge is -2.18. The van der Waals surface area contributed by atoms with E-state index in [-0.39, 0.29) is 30.1 Å². The molecule has 0 spiro atoms. The number of hydrogen-bond acceptors (Lipinski definition) is 4. The summed E-state index contributed by atoms with van der Waals surface area (Å²) in [5.41, 5.74) is 0. The number of guanidine groups is 1. The minimum atomic E-state index is 0. The molecule has 1 aromatic rings. The Kier molecular flexibility index (Phi) is 15.2. The van der Waals surface area contributed by atoms with E-state index in [4.69, 9.17) is 14.2 Å². The molecule has 0 aromatic heterocycles. The fourth-order valence-corrected chi connectivity index (χ4v) is 2.14. The number of aliphatic imine (C=N–C) groups is 1. The molecule has 0 amide bonds. The minimum absolute atomic E-state index is 0. The van der Waals surface area contributed by atoms with Gasteiger partial charge in [-0.3, -0.25) is 4.99 Å². The van der Waals surface area contributed by atoms with Crippen LogP contribution in [-0.4, -0.2) is 52.5 Å². The third-order valence-corrected chi connectivity index (χ3v) is 3.56. The highest BCUT2D eigenvalue weighted by Gasteiger charge is 2.06. The van der Waals surface area contributed by atoms with Gasteiger partial charge in [0.25, 0.3) is 0 Å². The molecule has 0 fully saturated rings. The van der Waals surface area contributed by atoms with Crippen molar-refractivity contribution in [2.24, 2.45) is 4.99 Å². The highest BCUT2D eigenvalue weighted by atomic mass is 127. The van der Waals surface area contributed by atoms with Gasteiger partial charge in [0.2, 0.25) is 0 Å². The van der Waals surface area contributed by atoms with Gasteiger partial charge in [0, 0.05) is 32.9 Å². The smallest absolute Gasteiger partial charge is 0.191 e. The Labute approximate surface area is 175 Å². The molecule has 0 saturated carbocycles. The van der Waals surface area contributed by atoms with Gasteiger partial charge in [0.05, 0.1) is 13.7 Å². The van der Waals surface area contributed by atoms with Gasteiger partial charge >= 0.3 is 0 Å². The number of ether oxygens (including phenoxy) is 3. The molecular weight excluding hydrogens is 445 g/mol. The molecule has 1 atom stereocenters. The summed E-state index contributed by atoms with van der Waals surface area (Å²) in [6.07, 6.45) is 3.26. The Morgan fingerprint density at radius 3 is 2.58 bits per heavy atom. The lowest BCUT2D eigenvalue weighted by atomic mass is 10.3. The van der Waals surface area contributed by atoms with Crippen LogP contribution in [0, 0.1) is 0 Å². The molecule has 0 aliphatic heterocycles. The molecular formula is C19H34IN3O3. The van der Waals surface area contributed by atoms with Crippen LogP contribution in [0.25, 0.3) is 0 Å². The van der Waals surface area contributed by atoms with Gasteiger partial charge in [-0.2, -0.15) is 0 Å². The molecule has 0 radical (unpaired) electrons. The molecule has 0 aliphatic carbocycles. The Morgan fingerprint density at radius 2 is 1.88 bits per heavy atom. The molecule has 2 N–H and O–H groups in total. The average Bonchev–Trinajstić information content (AvgIpc) is 2.63. The molecule has 1 unspecified atom stereocenters. The molecule has 1 rings (SSSR count). The third-order valence-electron chi connectivity index (χ3n) is 3.56. The van der Waals surface area contributed by atoms with Crippen LogP contribution in [0.3, 0.4) is 0 Å². The van der Waals surface area contributed by atoms with E-state index in [0.717, 1.165) is 50.1 Å². The summed E-state index contributed by atoms with van der Waals surface area (Å²) in [6, 6.07) is 7.61. The average molecular weight is 479 g/mol. The van der Waals surface area contributed by atoms with E-state index in [0.29, 0.717) is 6.54 Å². The Balaban J connectivity index is 0.00000625. The van der Waals surface area contributed by atoms with Crippen LogP contribution in [0.5, 0.6) is 11.5 Å². The lowest BCUT2D eigenvalue weighted by Crippen LogP contribution is -2.42. The number of rotatable bonds is 12. The summed E-state index contributed by atoms with van der Waals surface area (Å²) in [4.78, 5) is 4.22. The summed E-state index contributed by atoms with van der Waals surface area (Å²) in [6.45, 7) is 7.30. The van der Waals surface area contributed by atoms with Crippen LogP contribution in [0.1, 0.15) is 33.1 Å². The van der Waals surface area contributed by atoms with Crippen molar-refractivity contribution in [3.05, 3.63) is 24.3 Å². The third kappa shape index (κ3) is 11.4. The van der Waals surface area contributed by atoms with Crippen molar-refractivity contribution < 1.29 is 14.2 Å². The number of nitrogens with zero attached hydrogens (tertiary/aromatic N) is 1. The largest absolute Gasteiger partial charge is 0.497 e. The first-order chi connectivity index (χ1) is 12.2. The first-order valence-corrected chi connectivity index (χ1v) is 9.02. The molecule has 26 heavy (non-hydrogen) atoms. The van der Waals surface area contributed by atoms with Crippen LogP contribution in [-0.2, 0) is 4.74 Å². The maximum atomic E-state index is 5.89. The molecule has 1 aromatic carbocycles. The predicted molar refractivity (Wildman–Crippen MR) is 118 cm³/mol. The number of halogens is 1. The lowest BCUT2D eigenvalue weighted by molar-refractivity contribution is 0.129. The van der Waals surface area contributed by atoms with Crippen LogP contribution >= 0.6 is 24.0 Å². The number of methoxy groups -OCH3 is 1. The first-order valence-electron chi connectivity index (χ1n) is 9.02. The van der Waals surface area contributed by atoms with E-state index >= 15 is 0 Å². The quantitative estimate of drug-likeness (QED) is 0.208. The fraction of sp³-hybridized carbons (Fsp3) is 0.632. The van der Waals surface area contributed by atoms with Crippen LogP contribution in [0.2, 0.25) is 0 Å². The Bertz CT molecular complexity index is 501. The maximum Gasteiger partial charge on any atom is 0.191 e. The van der Waals surface area contributed by atoms with Crippen LogP contribution in [0.4, 0.5) is 0 Å². The van der Waals surface area contributed by atoms with Gasteiger partial charge in [0.15, 0.2) is 5.96 Å². The minimum Gasteiger partial charge on any atom is -0.497 e. The second-order valence-electron chi connectivity index (χ2n) is 5.81. The van der Waals surface area contributed by atoms with Crippen LogP contribution < -0.4 is 20.1 Å². The number of hydrogen-bond donors (Lipinski definition) is 2. The zero-order valence-corrected chi connectivity index (χ0v) is 18.7. The Morgan fingerprint density at radius 1 is 1.15 bits per heavy atom. The van der Waals surface area contributed by atoms with Crippen molar-refractivity contribution in [3.8, 4) is 11.5 Å². The number of nitrogens with one attached hydrogen (secondary N) is 2. The van der Waals surface area contributed by atoms with Gasteiger partial charge in [-0.1, -0.05) is 19.4 Å². The van der Waals surface area contributed by atoms with Crippen molar-refractivity contribution in [3.63, 3.8) is 0 Å². The van der Waals surface area contributed by atoms with Gasteiger partial charge in [-0.05, 0) is 31.9 Å². The number of benzene rings is 1. The predicted octanol–water partition coefficient (Wildman–Crippen LogP) is 3.45. The second kappa shape index (κ2) is 16.0. The van der Waals surface area contributed by atoms with Crippen molar-refractivity contribution in [1.29, 1.82) is 0 Å².